The number of carbonyl (C=O) groups is 3. The minimum Gasteiger partial charge on any atom is -0.322 e. The van der Waals surface area contributed by atoms with Crippen LogP contribution in [0.3, 0.4) is 0 Å². The number of rotatable bonds is 4. The van der Waals surface area contributed by atoms with Gasteiger partial charge in [0.05, 0.1) is 16.8 Å². The molecule has 2 aromatic carbocycles. The number of hydrogen-bond acceptors (Lipinski definition) is 4. The van der Waals surface area contributed by atoms with E-state index in [0.29, 0.717) is 22.5 Å². The summed E-state index contributed by atoms with van der Waals surface area (Å²) < 4.78 is 0. The third-order valence-corrected chi connectivity index (χ3v) is 5.29. The maximum atomic E-state index is 12.6. The van der Waals surface area contributed by atoms with Crippen LogP contribution in [0.5, 0.6) is 0 Å². The summed E-state index contributed by atoms with van der Waals surface area (Å²) in [5.41, 5.74) is 1.69. The van der Waals surface area contributed by atoms with E-state index in [1.54, 1.807) is 65.9 Å². The second-order valence-electron chi connectivity index (χ2n) is 6.31. The van der Waals surface area contributed by atoms with Crippen molar-refractivity contribution in [3.05, 3.63) is 87.6 Å². The topological polar surface area (TPSA) is 66.5 Å². The zero-order chi connectivity index (χ0) is 19.7. The average Bonchev–Trinajstić information content (AvgIpc) is 3.22. The first-order chi connectivity index (χ1) is 13.5. The normalized spacial score (nSPS) is 13.2. The smallest absolute Gasteiger partial charge is 0.266 e. The number of imide groups is 1. The molecule has 6 heteroatoms. The Morgan fingerprint density at radius 2 is 1.68 bits per heavy atom. The molecule has 138 valence electrons. The number of benzene rings is 2. The van der Waals surface area contributed by atoms with E-state index in [9.17, 15) is 14.4 Å². The van der Waals surface area contributed by atoms with Gasteiger partial charge in [0.2, 0.25) is 5.91 Å². The molecule has 0 saturated carbocycles. The summed E-state index contributed by atoms with van der Waals surface area (Å²) in [5.74, 6) is -1.01. The molecule has 28 heavy (non-hydrogen) atoms. The van der Waals surface area contributed by atoms with Gasteiger partial charge in [-0.05, 0) is 55.5 Å². The van der Waals surface area contributed by atoms with E-state index in [4.69, 9.17) is 0 Å². The number of aryl methyl sites for hydroxylation is 1. The molecule has 0 atom stereocenters. The van der Waals surface area contributed by atoms with E-state index in [1.165, 1.54) is 11.0 Å². The number of carbonyl (C=O) groups excluding carboxylic acids is 3. The summed E-state index contributed by atoms with van der Waals surface area (Å²) in [6.07, 6.45) is 3.21. The molecule has 3 aromatic rings. The minimum atomic E-state index is -0.364. The maximum absolute atomic E-state index is 12.6. The SMILES string of the molecule is Cc1ccc(/C=C/C(=O)Nc2cccc(N3C(=O)c4ccccc4C3=O)c2)s1. The van der Waals surface area contributed by atoms with Crippen molar-refractivity contribution in [1.29, 1.82) is 0 Å². The van der Waals surface area contributed by atoms with Crippen LogP contribution < -0.4 is 10.2 Å². The fraction of sp³-hybridized carbons (Fsp3) is 0.0455. The van der Waals surface area contributed by atoms with Crippen molar-refractivity contribution in [3.8, 4) is 0 Å². The van der Waals surface area contributed by atoms with Gasteiger partial charge in [0.15, 0.2) is 0 Å². The molecule has 0 radical (unpaired) electrons. The summed E-state index contributed by atoms with van der Waals surface area (Å²) in [5, 5.41) is 2.76. The molecule has 1 aromatic heterocycles. The fourth-order valence-electron chi connectivity index (χ4n) is 3.03. The highest BCUT2D eigenvalue weighted by Gasteiger charge is 2.36. The summed E-state index contributed by atoms with van der Waals surface area (Å²) in [4.78, 5) is 40.7. The Balaban J connectivity index is 1.52. The van der Waals surface area contributed by atoms with E-state index in [1.807, 2.05) is 19.1 Å². The third-order valence-electron chi connectivity index (χ3n) is 4.33. The summed E-state index contributed by atoms with van der Waals surface area (Å²) in [6, 6.07) is 17.4. The number of hydrogen-bond donors (Lipinski definition) is 1. The van der Waals surface area contributed by atoms with Crippen LogP contribution in [-0.2, 0) is 4.79 Å². The number of thiophene rings is 1. The van der Waals surface area contributed by atoms with Gasteiger partial charge >= 0.3 is 0 Å². The lowest BCUT2D eigenvalue weighted by Crippen LogP contribution is -2.29. The lowest BCUT2D eigenvalue weighted by molar-refractivity contribution is -0.111. The number of amides is 3. The van der Waals surface area contributed by atoms with Gasteiger partial charge in [-0.3, -0.25) is 14.4 Å². The third kappa shape index (κ3) is 3.37. The van der Waals surface area contributed by atoms with Gasteiger partial charge in [-0.1, -0.05) is 18.2 Å². The van der Waals surface area contributed by atoms with Gasteiger partial charge in [0.1, 0.15) is 0 Å². The molecule has 1 N–H and O–H groups in total. The second-order valence-corrected chi connectivity index (χ2v) is 7.63. The predicted molar refractivity (Wildman–Crippen MR) is 111 cm³/mol. The van der Waals surface area contributed by atoms with Crippen molar-refractivity contribution in [2.24, 2.45) is 0 Å². The summed E-state index contributed by atoms with van der Waals surface area (Å²) in [7, 11) is 0. The molecule has 4 rings (SSSR count). The molecule has 1 aliphatic heterocycles. The Morgan fingerprint density at radius 1 is 0.964 bits per heavy atom. The molecule has 1 aliphatic rings. The largest absolute Gasteiger partial charge is 0.322 e. The Morgan fingerprint density at radius 3 is 2.32 bits per heavy atom. The number of nitrogens with one attached hydrogen (secondary N) is 1. The molecule has 5 nitrogen and oxygen atoms in total. The summed E-state index contributed by atoms with van der Waals surface area (Å²) >= 11 is 1.60. The van der Waals surface area contributed by atoms with Gasteiger partial charge in [-0.25, -0.2) is 4.90 Å². The van der Waals surface area contributed by atoms with E-state index >= 15 is 0 Å². The van der Waals surface area contributed by atoms with Crippen LogP contribution in [0.25, 0.3) is 6.08 Å². The van der Waals surface area contributed by atoms with E-state index < -0.39 is 0 Å². The molecule has 0 fully saturated rings. The minimum absolute atomic E-state index is 0.287. The van der Waals surface area contributed by atoms with Gasteiger partial charge in [0.25, 0.3) is 11.8 Å². The van der Waals surface area contributed by atoms with Crippen LogP contribution in [0.15, 0.2) is 66.7 Å². The Hall–Kier alpha value is -3.51. The molecule has 0 saturated heterocycles. The molecular formula is C22H16N2O3S. The molecule has 0 unspecified atom stereocenters. The Kier molecular flexibility index (Phi) is 4.63. The summed E-state index contributed by atoms with van der Waals surface area (Å²) in [6.45, 7) is 2.01. The van der Waals surface area contributed by atoms with Crippen LogP contribution in [0, 0.1) is 6.92 Å². The molecule has 0 spiro atoms. The Bertz CT molecular complexity index is 1100. The zero-order valence-corrected chi connectivity index (χ0v) is 15.8. The van der Waals surface area contributed by atoms with Crippen LogP contribution in [0.2, 0.25) is 0 Å². The first-order valence-corrected chi connectivity index (χ1v) is 9.48. The molecule has 0 aliphatic carbocycles. The number of anilines is 2. The van der Waals surface area contributed by atoms with Crippen LogP contribution in [0.1, 0.15) is 30.5 Å². The quantitative estimate of drug-likeness (QED) is 0.528. The molecular weight excluding hydrogens is 372 g/mol. The standard InChI is InChI=1S/C22H16N2O3S/c1-14-9-10-17(28-14)11-12-20(25)23-15-5-4-6-16(13-15)24-21(26)18-7-2-3-8-19(18)22(24)27/h2-13H,1H3,(H,23,25)/b12-11+. The number of fused-ring (bicyclic) bond motifs is 1. The van der Waals surface area contributed by atoms with E-state index in [-0.39, 0.29) is 17.7 Å². The second kappa shape index (κ2) is 7.25. The predicted octanol–water partition coefficient (Wildman–Crippen LogP) is 4.51. The Labute approximate surface area is 165 Å². The maximum Gasteiger partial charge on any atom is 0.266 e. The highest BCUT2D eigenvalue weighted by atomic mass is 32.1. The van der Waals surface area contributed by atoms with Crippen molar-refractivity contribution in [1.82, 2.24) is 0 Å². The highest BCUT2D eigenvalue weighted by molar-refractivity contribution is 7.12. The molecule has 2 heterocycles. The molecule has 0 bridgehead atoms. The van der Waals surface area contributed by atoms with Gasteiger partial charge < -0.3 is 5.32 Å². The van der Waals surface area contributed by atoms with E-state index in [2.05, 4.69) is 5.32 Å². The van der Waals surface area contributed by atoms with Gasteiger partial charge in [-0.2, -0.15) is 0 Å². The fourth-order valence-corrected chi connectivity index (χ4v) is 3.81. The van der Waals surface area contributed by atoms with Crippen molar-refractivity contribution in [2.45, 2.75) is 6.92 Å². The first kappa shape index (κ1) is 17.9. The first-order valence-electron chi connectivity index (χ1n) is 8.66. The van der Waals surface area contributed by atoms with Gasteiger partial charge in [-0.15, -0.1) is 11.3 Å². The zero-order valence-electron chi connectivity index (χ0n) is 15.0. The van der Waals surface area contributed by atoms with Crippen LogP contribution in [0.4, 0.5) is 11.4 Å². The monoisotopic (exact) mass is 388 g/mol. The molecule has 3 amide bonds. The van der Waals surface area contributed by atoms with Crippen molar-refractivity contribution in [3.63, 3.8) is 0 Å². The number of nitrogens with zero attached hydrogens (tertiary/aromatic N) is 1. The van der Waals surface area contributed by atoms with Crippen molar-refractivity contribution < 1.29 is 14.4 Å². The lowest BCUT2D eigenvalue weighted by Gasteiger charge is -2.15. The average molecular weight is 388 g/mol. The van der Waals surface area contributed by atoms with Crippen molar-refractivity contribution >= 4 is 46.5 Å². The van der Waals surface area contributed by atoms with Gasteiger partial charge in [0, 0.05) is 21.5 Å². The van der Waals surface area contributed by atoms with Crippen molar-refractivity contribution in [2.75, 3.05) is 10.2 Å². The lowest BCUT2D eigenvalue weighted by atomic mass is 10.1. The van der Waals surface area contributed by atoms with E-state index in [0.717, 1.165) is 9.78 Å². The van der Waals surface area contributed by atoms with Crippen LogP contribution >= 0.6 is 11.3 Å². The highest BCUT2D eigenvalue weighted by Crippen LogP contribution is 2.29. The van der Waals surface area contributed by atoms with Crippen LogP contribution in [-0.4, -0.2) is 17.7 Å².